The van der Waals surface area contributed by atoms with Crippen LogP contribution in [0.4, 0.5) is 9.18 Å². The van der Waals surface area contributed by atoms with Crippen molar-refractivity contribution in [1.82, 2.24) is 10.2 Å². The molecule has 1 fully saturated rings. The molecule has 1 aromatic carbocycles. The van der Waals surface area contributed by atoms with Crippen LogP contribution >= 0.6 is 0 Å². The Morgan fingerprint density at radius 1 is 1.30 bits per heavy atom. The van der Waals surface area contributed by atoms with Crippen LogP contribution in [0.3, 0.4) is 0 Å². The number of aliphatic hydroxyl groups excluding tert-OH is 1. The lowest BCUT2D eigenvalue weighted by Crippen LogP contribution is -2.44. The average molecular weight is 320 g/mol. The van der Waals surface area contributed by atoms with Crippen molar-refractivity contribution >= 4 is 6.03 Å². The number of carbonyl (C=O) groups is 1. The van der Waals surface area contributed by atoms with E-state index in [4.69, 9.17) is 5.11 Å². The lowest BCUT2D eigenvalue weighted by Gasteiger charge is -2.30. The van der Waals surface area contributed by atoms with Gasteiger partial charge in [0, 0.05) is 19.2 Å². The summed E-state index contributed by atoms with van der Waals surface area (Å²) in [6.07, 6.45) is 6.43. The Kier molecular flexibility index (Phi) is 5.16. The highest BCUT2D eigenvalue weighted by molar-refractivity contribution is 5.75. The Morgan fingerprint density at radius 2 is 2.13 bits per heavy atom. The van der Waals surface area contributed by atoms with Crippen molar-refractivity contribution in [1.29, 1.82) is 0 Å². The van der Waals surface area contributed by atoms with Crippen molar-refractivity contribution in [3.8, 4) is 0 Å². The zero-order chi connectivity index (χ0) is 16.2. The van der Waals surface area contributed by atoms with Crippen LogP contribution in [0, 0.1) is 5.82 Å². The molecule has 5 heteroatoms. The van der Waals surface area contributed by atoms with Crippen molar-refractivity contribution < 1.29 is 14.3 Å². The number of urea groups is 1. The first-order valence-corrected chi connectivity index (χ1v) is 8.65. The van der Waals surface area contributed by atoms with Crippen molar-refractivity contribution in [3.05, 3.63) is 35.1 Å². The maximum absolute atomic E-state index is 13.4. The predicted octanol–water partition coefficient (Wildman–Crippen LogP) is 3.15. The van der Waals surface area contributed by atoms with E-state index in [0.29, 0.717) is 12.6 Å². The lowest BCUT2D eigenvalue weighted by atomic mass is 9.87. The van der Waals surface area contributed by atoms with Gasteiger partial charge < -0.3 is 15.3 Å². The second-order valence-corrected chi connectivity index (χ2v) is 6.59. The average Bonchev–Trinajstić information content (AvgIpc) is 3.36. The molecular formula is C18H25FN2O2. The van der Waals surface area contributed by atoms with Crippen LogP contribution < -0.4 is 5.32 Å². The minimum absolute atomic E-state index is 0.0207. The normalized spacial score (nSPS) is 20.0. The Labute approximate surface area is 136 Å². The van der Waals surface area contributed by atoms with E-state index in [1.165, 1.54) is 6.07 Å². The third-order valence-electron chi connectivity index (χ3n) is 4.77. The Balaban J connectivity index is 1.65. The molecule has 2 amide bonds. The van der Waals surface area contributed by atoms with E-state index in [9.17, 15) is 9.18 Å². The molecule has 3 rings (SSSR count). The summed E-state index contributed by atoms with van der Waals surface area (Å²) in [5.74, 6) is -0.209. The molecule has 1 atom stereocenters. The first kappa shape index (κ1) is 16.2. The second kappa shape index (κ2) is 7.30. The maximum Gasteiger partial charge on any atom is 0.318 e. The molecule has 2 aliphatic rings. The van der Waals surface area contributed by atoms with Gasteiger partial charge in [0.25, 0.3) is 0 Å². The number of fused-ring (bicyclic) bond motifs is 1. The molecule has 0 aromatic heterocycles. The van der Waals surface area contributed by atoms with Crippen LogP contribution in [0.5, 0.6) is 0 Å². The Bertz CT molecular complexity index is 560. The third-order valence-corrected chi connectivity index (χ3v) is 4.77. The summed E-state index contributed by atoms with van der Waals surface area (Å²) in [6, 6.07) is 5.18. The number of halogens is 1. The molecule has 1 unspecified atom stereocenters. The van der Waals surface area contributed by atoms with E-state index in [2.05, 4.69) is 5.32 Å². The standard InChI is InChI=1S/C18H25FN2O2/c19-14-6-9-16-13(12-14)4-3-5-17(16)20-18(23)21(15-7-8-15)10-1-2-11-22/h6,9,12,15,17,22H,1-5,7-8,10-11H2,(H,20,23). The maximum atomic E-state index is 13.4. The van der Waals surface area contributed by atoms with Gasteiger partial charge in [0.1, 0.15) is 5.82 Å². The fraction of sp³-hybridized carbons (Fsp3) is 0.611. The van der Waals surface area contributed by atoms with E-state index in [1.807, 2.05) is 11.0 Å². The lowest BCUT2D eigenvalue weighted by molar-refractivity contribution is 0.185. The fourth-order valence-corrected chi connectivity index (χ4v) is 3.39. The number of carbonyl (C=O) groups excluding carboxylic acids is 1. The van der Waals surface area contributed by atoms with Crippen LogP contribution in [-0.2, 0) is 6.42 Å². The monoisotopic (exact) mass is 320 g/mol. The molecule has 0 spiro atoms. The molecule has 126 valence electrons. The number of aryl methyl sites for hydroxylation is 1. The number of hydrogen-bond donors (Lipinski definition) is 2. The van der Waals surface area contributed by atoms with Crippen molar-refractivity contribution in [2.24, 2.45) is 0 Å². The number of aliphatic hydroxyl groups is 1. The number of benzene rings is 1. The number of rotatable bonds is 6. The van der Waals surface area contributed by atoms with Gasteiger partial charge in [0.15, 0.2) is 0 Å². The van der Waals surface area contributed by atoms with Crippen LogP contribution in [-0.4, -0.2) is 35.2 Å². The number of unbranched alkanes of at least 4 members (excludes halogenated alkanes) is 1. The van der Waals surface area contributed by atoms with Gasteiger partial charge >= 0.3 is 6.03 Å². The van der Waals surface area contributed by atoms with Gasteiger partial charge in [-0.05, 0) is 68.2 Å². The number of hydrogen-bond acceptors (Lipinski definition) is 2. The number of nitrogens with zero attached hydrogens (tertiary/aromatic N) is 1. The summed E-state index contributed by atoms with van der Waals surface area (Å²) in [5.41, 5.74) is 2.07. The molecule has 4 nitrogen and oxygen atoms in total. The van der Waals surface area contributed by atoms with E-state index >= 15 is 0 Å². The van der Waals surface area contributed by atoms with Crippen LogP contribution in [0.15, 0.2) is 18.2 Å². The molecule has 0 radical (unpaired) electrons. The molecular weight excluding hydrogens is 295 g/mol. The molecule has 0 bridgehead atoms. The first-order valence-electron chi connectivity index (χ1n) is 8.65. The molecule has 0 heterocycles. The van der Waals surface area contributed by atoms with Gasteiger partial charge in [0.2, 0.25) is 0 Å². The molecule has 0 aliphatic heterocycles. The topological polar surface area (TPSA) is 52.6 Å². The van der Waals surface area contributed by atoms with E-state index in [0.717, 1.165) is 56.1 Å². The highest BCUT2D eigenvalue weighted by Gasteiger charge is 2.33. The predicted molar refractivity (Wildman–Crippen MR) is 86.7 cm³/mol. The van der Waals surface area contributed by atoms with Gasteiger partial charge in [0.05, 0.1) is 6.04 Å². The van der Waals surface area contributed by atoms with Crippen LogP contribution in [0.2, 0.25) is 0 Å². The van der Waals surface area contributed by atoms with Gasteiger partial charge in [-0.2, -0.15) is 0 Å². The number of nitrogens with one attached hydrogen (secondary N) is 1. The molecule has 1 saturated carbocycles. The SMILES string of the molecule is O=C(NC1CCCc2cc(F)ccc21)N(CCCCO)C1CC1. The molecule has 1 aromatic rings. The van der Waals surface area contributed by atoms with Gasteiger partial charge in [-0.25, -0.2) is 9.18 Å². The summed E-state index contributed by atoms with van der Waals surface area (Å²) in [6.45, 7) is 0.863. The minimum Gasteiger partial charge on any atom is -0.396 e. The highest BCUT2D eigenvalue weighted by atomic mass is 19.1. The highest BCUT2D eigenvalue weighted by Crippen LogP contribution is 2.32. The third kappa shape index (κ3) is 4.02. The molecule has 0 saturated heterocycles. The Morgan fingerprint density at radius 3 is 2.87 bits per heavy atom. The summed E-state index contributed by atoms with van der Waals surface area (Å²) in [7, 11) is 0. The molecule has 2 aliphatic carbocycles. The first-order chi connectivity index (χ1) is 11.2. The van der Waals surface area contributed by atoms with E-state index in [-0.39, 0.29) is 24.5 Å². The van der Waals surface area contributed by atoms with Gasteiger partial charge in [-0.1, -0.05) is 6.07 Å². The summed E-state index contributed by atoms with van der Waals surface area (Å²) in [4.78, 5) is 14.6. The summed E-state index contributed by atoms with van der Waals surface area (Å²) >= 11 is 0. The summed E-state index contributed by atoms with van der Waals surface area (Å²) in [5, 5.41) is 12.1. The Hall–Kier alpha value is -1.62. The van der Waals surface area contributed by atoms with Crippen molar-refractivity contribution in [3.63, 3.8) is 0 Å². The fourth-order valence-electron chi connectivity index (χ4n) is 3.39. The largest absolute Gasteiger partial charge is 0.396 e. The zero-order valence-electron chi connectivity index (χ0n) is 13.4. The zero-order valence-corrected chi connectivity index (χ0v) is 13.4. The quantitative estimate of drug-likeness (QED) is 0.791. The van der Waals surface area contributed by atoms with Crippen molar-refractivity contribution in [2.75, 3.05) is 13.2 Å². The van der Waals surface area contributed by atoms with Crippen LogP contribution in [0.25, 0.3) is 0 Å². The second-order valence-electron chi connectivity index (χ2n) is 6.59. The smallest absolute Gasteiger partial charge is 0.318 e. The van der Waals surface area contributed by atoms with E-state index in [1.54, 1.807) is 6.07 Å². The molecule has 23 heavy (non-hydrogen) atoms. The van der Waals surface area contributed by atoms with Gasteiger partial charge in [-0.3, -0.25) is 0 Å². The van der Waals surface area contributed by atoms with Gasteiger partial charge in [-0.15, -0.1) is 0 Å². The van der Waals surface area contributed by atoms with Crippen LogP contribution in [0.1, 0.15) is 55.7 Å². The minimum atomic E-state index is -0.209. The summed E-state index contributed by atoms with van der Waals surface area (Å²) < 4.78 is 13.4. The molecule has 2 N–H and O–H groups in total. The number of amides is 2. The van der Waals surface area contributed by atoms with Crippen molar-refractivity contribution in [2.45, 2.75) is 57.0 Å². The van der Waals surface area contributed by atoms with E-state index < -0.39 is 0 Å².